The fraction of sp³-hybridized carbons (Fsp3) is 0.280. The number of aliphatic hydroxyl groups is 1. The molecule has 0 aromatic heterocycles. The maximum atomic E-state index is 12.9. The van der Waals surface area contributed by atoms with Gasteiger partial charge < -0.3 is 10.0 Å². The first-order valence-corrected chi connectivity index (χ1v) is 12.7. The van der Waals surface area contributed by atoms with Crippen molar-refractivity contribution in [2.75, 3.05) is 4.90 Å². The smallest absolute Gasteiger partial charge is 0.240 e. The van der Waals surface area contributed by atoms with Crippen molar-refractivity contribution < 1.29 is 13.5 Å². The number of aryl methyl sites for hydroxylation is 2. The molecule has 5 nitrogen and oxygen atoms in total. The lowest BCUT2D eigenvalue weighted by molar-refractivity contribution is 0.142. The van der Waals surface area contributed by atoms with Crippen molar-refractivity contribution in [3.8, 4) is 0 Å². The summed E-state index contributed by atoms with van der Waals surface area (Å²) in [7, 11) is -3.76. The van der Waals surface area contributed by atoms with E-state index in [9.17, 15) is 13.5 Å². The summed E-state index contributed by atoms with van der Waals surface area (Å²) < 4.78 is 28.5. The second-order valence-corrected chi connectivity index (χ2v) is 10.6. The molecule has 0 amide bonds. The number of para-hydroxylation sites is 2. The van der Waals surface area contributed by atoms with Gasteiger partial charge in [-0.15, -0.1) is 0 Å². The Bertz CT molecular complexity index is 1180. The highest BCUT2D eigenvalue weighted by Gasteiger charge is 2.42. The summed E-state index contributed by atoms with van der Waals surface area (Å²) in [6, 6.07) is 21.8. The van der Waals surface area contributed by atoms with Crippen LogP contribution in [0, 0.1) is 0 Å². The molecule has 0 bridgehead atoms. The summed E-state index contributed by atoms with van der Waals surface area (Å²) in [4.78, 5) is 2.36. The Morgan fingerprint density at radius 3 is 2.00 bits per heavy atom. The normalized spacial score (nSPS) is 22.8. The van der Waals surface area contributed by atoms with Crippen molar-refractivity contribution in [3.05, 3.63) is 88.9 Å². The molecule has 2 N–H and O–H groups in total. The molecule has 3 aromatic rings. The van der Waals surface area contributed by atoms with Crippen LogP contribution in [0.5, 0.6) is 0 Å². The molecule has 1 fully saturated rings. The van der Waals surface area contributed by atoms with Crippen LogP contribution in [0.3, 0.4) is 0 Å². The topological polar surface area (TPSA) is 69.6 Å². The Hall–Kier alpha value is -2.38. The minimum atomic E-state index is -3.76. The third-order valence-corrected chi connectivity index (χ3v) is 8.27. The van der Waals surface area contributed by atoms with Gasteiger partial charge in [-0.3, -0.25) is 0 Å². The van der Waals surface area contributed by atoms with E-state index < -0.39 is 22.2 Å². The fourth-order valence-corrected chi connectivity index (χ4v) is 6.33. The van der Waals surface area contributed by atoms with Crippen molar-refractivity contribution in [2.45, 2.75) is 48.8 Å². The molecule has 0 spiro atoms. The van der Waals surface area contributed by atoms with Gasteiger partial charge in [-0.05, 0) is 73.2 Å². The molecule has 7 heteroatoms. The first-order valence-electron chi connectivity index (χ1n) is 10.8. The molecule has 0 radical (unpaired) electrons. The minimum absolute atomic E-state index is 0.142. The Labute approximate surface area is 193 Å². The molecule has 2 aliphatic rings. The molecule has 3 aromatic carbocycles. The lowest BCUT2D eigenvalue weighted by atomic mass is 10.0. The van der Waals surface area contributed by atoms with Crippen molar-refractivity contribution in [3.63, 3.8) is 0 Å². The number of nitrogens with one attached hydrogen (secondary N) is 1. The predicted molar refractivity (Wildman–Crippen MR) is 127 cm³/mol. The Morgan fingerprint density at radius 1 is 0.844 bits per heavy atom. The third kappa shape index (κ3) is 3.92. The highest BCUT2D eigenvalue weighted by Crippen LogP contribution is 2.41. The van der Waals surface area contributed by atoms with E-state index in [2.05, 4.69) is 33.9 Å². The van der Waals surface area contributed by atoms with E-state index in [4.69, 9.17) is 11.6 Å². The summed E-state index contributed by atoms with van der Waals surface area (Å²) in [6.07, 6.45) is 2.24. The molecule has 5 rings (SSSR count). The first kappa shape index (κ1) is 21.5. The second-order valence-electron chi connectivity index (χ2n) is 8.44. The molecule has 1 aliphatic carbocycles. The van der Waals surface area contributed by atoms with Crippen LogP contribution in [0.2, 0.25) is 5.02 Å². The van der Waals surface area contributed by atoms with Gasteiger partial charge in [0.1, 0.15) is 0 Å². The van der Waals surface area contributed by atoms with E-state index in [0.717, 1.165) is 24.2 Å². The number of nitrogens with zero attached hydrogens (tertiary/aromatic N) is 1. The zero-order valence-electron chi connectivity index (χ0n) is 17.5. The number of hydrogen-bond donors (Lipinski definition) is 2. The second kappa shape index (κ2) is 8.52. The van der Waals surface area contributed by atoms with Crippen LogP contribution in [-0.2, 0) is 22.9 Å². The van der Waals surface area contributed by atoms with Crippen LogP contribution >= 0.6 is 11.6 Å². The summed E-state index contributed by atoms with van der Waals surface area (Å²) in [6.45, 7) is 0. The quantitative estimate of drug-likeness (QED) is 0.593. The Morgan fingerprint density at radius 2 is 1.41 bits per heavy atom. The van der Waals surface area contributed by atoms with E-state index in [1.165, 1.54) is 23.3 Å². The monoisotopic (exact) mass is 468 g/mol. The number of benzene rings is 3. The van der Waals surface area contributed by atoms with Crippen molar-refractivity contribution in [1.82, 2.24) is 4.72 Å². The summed E-state index contributed by atoms with van der Waals surface area (Å²) >= 11 is 5.90. The molecule has 1 saturated carbocycles. The lowest BCUT2D eigenvalue weighted by Crippen LogP contribution is -2.47. The standard InChI is InChI=1S/C25H25ClN2O3S/c26-19-11-13-20(14-12-19)32(30,31)27-21-15-16-24(25(21)29)28-22-7-3-1-5-17(22)9-10-18-6-2-4-8-23(18)28/h1-8,11-14,21,24-25,27,29H,9-10,15-16H2/t21-,24+,25+/m0/s1. The average molecular weight is 469 g/mol. The average Bonchev–Trinajstić information content (AvgIpc) is 3.04. The fourth-order valence-electron chi connectivity index (χ4n) is 4.92. The zero-order chi connectivity index (χ0) is 22.3. The van der Waals surface area contributed by atoms with E-state index in [0.29, 0.717) is 17.9 Å². The highest BCUT2D eigenvalue weighted by atomic mass is 35.5. The Balaban J connectivity index is 1.46. The van der Waals surface area contributed by atoms with Crippen LogP contribution in [-0.4, -0.2) is 31.7 Å². The lowest BCUT2D eigenvalue weighted by Gasteiger charge is -2.35. The molecule has 0 saturated heterocycles. The van der Waals surface area contributed by atoms with Crippen LogP contribution < -0.4 is 9.62 Å². The van der Waals surface area contributed by atoms with E-state index >= 15 is 0 Å². The maximum Gasteiger partial charge on any atom is 0.240 e. The van der Waals surface area contributed by atoms with Gasteiger partial charge in [0.15, 0.2) is 0 Å². The van der Waals surface area contributed by atoms with E-state index in [1.54, 1.807) is 12.1 Å². The minimum Gasteiger partial charge on any atom is -0.389 e. The van der Waals surface area contributed by atoms with E-state index in [-0.39, 0.29) is 10.9 Å². The Kier molecular flexibility index (Phi) is 5.72. The SMILES string of the molecule is O=S(=O)(N[C@H]1CC[C@@H](N2c3ccccc3CCc3ccccc32)[C@@H]1O)c1ccc(Cl)cc1. The van der Waals surface area contributed by atoms with Crippen molar-refractivity contribution in [1.29, 1.82) is 0 Å². The summed E-state index contributed by atoms with van der Waals surface area (Å²) in [5.41, 5.74) is 4.65. The van der Waals surface area contributed by atoms with Crippen molar-refractivity contribution in [2.24, 2.45) is 0 Å². The van der Waals surface area contributed by atoms with Crippen LogP contribution in [0.15, 0.2) is 77.7 Å². The molecule has 3 atom stereocenters. The zero-order valence-corrected chi connectivity index (χ0v) is 19.1. The van der Waals surface area contributed by atoms with E-state index in [1.807, 2.05) is 24.3 Å². The van der Waals surface area contributed by atoms with Gasteiger partial charge in [-0.2, -0.15) is 0 Å². The van der Waals surface area contributed by atoms with Gasteiger partial charge in [0.25, 0.3) is 0 Å². The predicted octanol–water partition coefficient (Wildman–Crippen LogP) is 4.45. The van der Waals surface area contributed by atoms with Crippen LogP contribution in [0.1, 0.15) is 24.0 Å². The molecular weight excluding hydrogens is 444 g/mol. The summed E-state index contributed by atoms with van der Waals surface area (Å²) in [5.74, 6) is 0. The van der Waals surface area contributed by atoms with Gasteiger partial charge in [0.2, 0.25) is 10.0 Å². The number of fused-ring (bicyclic) bond motifs is 2. The number of sulfonamides is 1. The molecule has 32 heavy (non-hydrogen) atoms. The number of aliphatic hydroxyl groups excluding tert-OH is 1. The summed E-state index contributed by atoms with van der Waals surface area (Å²) in [5, 5.41) is 11.8. The first-order chi connectivity index (χ1) is 15.4. The molecular formula is C25H25ClN2O3S. The van der Waals surface area contributed by atoms with Gasteiger partial charge in [-0.25, -0.2) is 13.1 Å². The molecule has 0 unspecified atom stereocenters. The number of rotatable bonds is 4. The third-order valence-electron chi connectivity index (χ3n) is 6.51. The van der Waals surface area contributed by atoms with Crippen LogP contribution in [0.25, 0.3) is 0 Å². The number of anilines is 2. The molecule has 1 heterocycles. The van der Waals surface area contributed by atoms with Gasteiger partial charge in [0, 0.05) is 16.4 Å². The maximum absolute atomic E-state index is 12.9. The largest absolute Gasteiger partial charge is 0.389 e. The highest BCUT2D eigenvalue weighted by molar-refractivity contribution is 7.89. The van der Waals surface area contributed by atoms with Crippen LogP contribution in [0.4, 0.5) is 11.4 Å². The van der Waals surface area contributed by atoms with Gasteiger partial charge >= 0.3 is 0 Å². The van der Waals surface area contributed by atoms with Gasteiger partial charge in [0.05, 0.1) is 23.1 Å². The number of hydrogen-bond acceptors (Lipinski definition) is 4. The van der Waals surface area contributed by atoms with Crippen molar-refractivity contribution >= 4 is 33.0 Å². The molecule has 1 aliphatic heterocycles. The number of halogens is 1. The van der Waals surface area contributed by atoms with Gasteiger partial charge in [-0.1, -0.05) is 48.0 Å². The molecule has 166 valence electrons.